The third kappa shape index (κ3) is 1.81. The number of hydrogen-bond donors (Lipinski definition) is 0. The van der Waals surface area contributed by atoms with E-state index in [0.29, 0.717) is 0 Å². The fourth-order valence-corrected chi connectivity index (χ4v) is 2.54. The summed E-state index contributed by atoms with van der Waals surface area (Å²) in [5.41, 5.74) is 0.180. The van der Waals surface area contributed by atoms with Gasteiger partial charge in [0.05, 0.1) is 8.95 Å². The summed E-state index contributed by atoms with van der Waals surface area (Å²) in [5, 5.41) is 0. The minimum atomic E-state index is -0.296. The van der Waals surface area contributed by atoms with Crippen molar-refractivity contribution in [3.63, 3.8) is 0 Å². The molecule has 0 unspecified atom stereocenters. The second-order valence-electron chi connectivity index (χ2n) is 3.20. The van der Waals surface area contributed by atoms with Crippen molar-refractivity contribution in [1.82, 2.24) is 0 Å². The molecule has 0 spiro atoms. The van der Waals surface area contributed by atoms with Crippen LogP contribution < -0.4 is 5.43 Å². The average Bonchev–Trinajstić information content (AvgIpc) is 2.36. The first kappa shape index (κ1) is 11.4. The van der Waals surface area contributed by atoms with Crippen molar-refractivity contribution in [2.45, 2.75) is 0 Å². The Bertz CT molecular complexity index is 553. The Morgan fingerprint density at radius 2 is 1.12 bits per heavy atom. The minimum absolute atomic E-state index is 0.238. The summed E-state index contributed by atoms with van der Waals surface area (Å²) in [6.45, 7) is 0. The van der Waals surface area contributed by atoms with Crippen LogP contribution in [0.4, 0.5) is 0 Å². The number of rotatable bonds is 0. The predicted octanol–water partition coefficient (Wildman–Crippen LogP) is 2.51. The Morgan fingerprint density at radius 3 is 1.50 bits per heavy atom. The van der Waals surface area contributed by atoms with Gasteiger partial charge >= 0.3 is 0 Å². The zero-order valence-electron chi connectivity index (χ0n) is 7.79. The second-order valence-corrected chi connectivity index (χ2v) is 4.91. The van der Waals surface area contributed by atoms with Crippen LogP contribution in [0.15, 0.2) is 38.0 Å². The van der Waals surface area contributed by atoms with Crippen molar-refractivity contribution >= 4 is 43.4 Å². The molecule has 3 nitrogen and oxygen atoms in total. The highest BCUT2D eigenvalue weighted by molar-refractivity contribution is 9.11. The molecular weight excluding hydrogens is 340 g/mol. The van der Waals surface area contributed by atoms with Gasteiger partial charge in [-0.25, -0.2) is 0 Å². The van der Waals surface area contributed by atoms with Gasteiger partial charge in [0.1, 0.15) is 0 Å². The van der Waals surface area contributed by atoms with Crippen LogP contribution in [-0.2, 0) is 0 Å². The van der Waals surface area contributed by atoms with Gasteiger partial charge in [0, 0.05) is 11.1 Å². The maximum atomic E-state index is 11.6. The number of ketones is 2. The van der Waals surface area contributed by atoms with E-state index < -0.39 is 0 Å². The lowest BCUT2D eigenvalue weighted by atomic mass is 9.97. The number of hydrogen-bond acceptors (Lipinski definition) is 3. The molecule has 0 atom stereocenters. The van der Waals surface area contributed by atoms with Crippen molar-refractivity contribution in [2.75, 3.05) is 0 Å². The van der Waals surface area contributed by atoms with E-state index in [1.165, 1.54) is 24.3 Å². The molecule has 16 heavy (non-hydrogen) atoms. The second kappa shape index (κ2) is 4.07. The van der Waals surface area contributed by atoms with Crippen LogP contribution in [0.2, 0.25) is 0 Å². The van der Waals surface area contributed by atoms with Gasteiger partial charge in [0.15, 0.2) is 11.6 Å². The average molecular weight is 344 g/mol. The molecule has 0 aromatic heterocycles. The Labute approximate surface area is 107 Å². The number of carbonyl (C=O) groups is 2. The molecule has 1 aromatic carbocycles. The van der Waals surface area contributed by atoms with Crippen LogP contribution in [0, 0.1) is 0 Å². The normalized spacial score (nSPS) is 13.9. The SMILES string of the molecule is O=C1C=CC(=O)c2cc(Br)c(=O)c(Br)cc21. The summed E-state index contributed by atoms with van der Waals surface area (Å²) in [7, 11) is 0. The standard InChI is InChI=1S/C11H4Br2O3/c12-7-3-5-6(4-8(13)11(7)16)10(15)2-1-9(5)14/h1-4H. The molecule has 80 valence electrons. The van der Waals surface area contributed by atoms with Gasteiger partial charge in [-0.15, -0.1) is 0 Å². The summed E-state index contributed by atoms with van der Waals surface area (Å²) in [6, 6.07) is 2.76. The summed E-state index contributed by atoms with van der Waals surface area (Å²) < 4.78 is 0.495. The van der Waals surface area contributed by atoms with Crippen molar-refractivity contribution in [3.05, 3.63) is 54.6 Å². The van der Waals surface area contributed by atoms with E-state index in [1.54, 1.807) is 0 Å². The molecule has 0 heterocycles. The third-order valence-electron chi connectivity index (χ3n) is 2.18. The Morgan fingerprint density at radius 1 is 0.750 bits per heavy atom. The van der Waals surface area contributed by atoms with Crippen LogP contribution in [0.5, 0.6) is 0 Å². The number of fused-ring (bicyclic) bond motifs is 1. The van der Waals surface area contributed by atoms with Crippen LogP contribution in [-0.4, -0.2) is 11.6 Å². The van der Waals surface area contributed by atoms with Gasteiger partial charge in [0.25, 0.3) is 0 Å². The van der Waals surface area contributed by atoms with E-state index in [1.807, 2.05) is 0 Å². The minimum Gasteiger partial charge on any atom is -0.289 e. The summed E-state index contributed by atoms with van der Waals surface area (Å²) >= 11 is 6.14. The molecule has 0 bridgehead atoms. The van der Waals surface area contributed by atoms with Gasteiger partial charge in [-0.2, -0.15) is 0 Å². The topological polar surface area (TPSA) is 51.2 Å². The molecule has 1 aliphatic rings. The van der Waals surface area contributed by atoms with E-state index in [0.717, 1.165) is 0 Å². The lowest BCUT2D eigenvalue weighted by Gasteiger charge is -2.04. The van der Waals surface area contributed by atoms with Crippen LogP contribution in [0.3, 0.4) is 0 Å². The van der Waals surface area contributed by atoms with E-state index in [2.05, 4.69) is 31.9 Å². The molecule has 1 aliphatic carbocycles. The van der Waals surface area contributed by atoms with Crippen molar-refractivity contribution in [2.24, 2.45) is 0 Å². The molecule has 0 fully saturated rings. The van der Waals surface area contributed by atoms with E-state index in [4.69, 9.17) is 0 Å². The smallest absolute Gasteiger partial charge is 0.206 e. The van der Waals surface area contributed by atoms with Crippen LogP contribution in [0.1, 0.15) is 20.7 Å². The van der Waals surface area contributed by atoms with E-state index in [9.17, 15) is 14.4 Å². The van der Waals surface area contributed by atoms with Crippen molar-refractivity contribution in [1.29, 1.82) is 0 Å². The fourth-order valence-electron chi connectivity index (χ4n) is 1.39. The summed E-state index contributed by atoms with van der Waals surface area (Å²) in [6.07, 6.45) is 2.41. The Balaban J connectivity index is 2.91. The maximum absolute atomic E-state index is 11.6. The Kier molecular flexibility index (Phi) is 2.90. The molecule has 1 aromatic rings. The largest absolute Gasteiger partial charge is 0.289 e. The van der Waals surface area contributed by atoms with Crippen molar-refractivity contribution in [3.8, 4) is 0 Å². The first-order chi connectivity index (χ1) is 7.50. The molecule has 0 amide bonds. The summed E-state index contributed by atoms with van der Waals surface area (Å²) in [5.74, 6) is -0.560. The quantitative estimate of drug-likeness (QED) is 0.727. The highest BCUT2D eigenvalue weighted by atomic mass is 79.9. The fraction of sp³-hybridized carbons (Fsp3) is 0. The maximum Gasteiger partial charge on any atom is 0.206 e. The lowest BCUT2D eigenvalue weighted by Crippen LogP contribution is -2.09. The van der Waals surface area contributed by atoms with Gasteiger partial charge < -0.3 is 0 Å². The first-order valence-corrected chi connectivity index (χ1v) is 5.89. The van der Waals surface area contributed by atoms with Gasteiger partial charge in [-0.05, 0) is 56.1 Å². The van der Waals surface area contributed by atoms with Crippen LogP contribution >= 0.6 is 31.9 Å². The number of carbonyl (C=O) groups excluding carboxylic acids is 2. The molecule has 0 saturated carbocycles. The third-order valence-corrected chi connectivity index (χ3v) is 3.36. The highest BCUT2D eigenvalue weighted by Gasteiger charge is 2.19. The zero-order chi connectivity index (χ0) is 11.9. The summed E-state index contributed by atoms with van der Waals surface area (Å²) in [4.78, 5) is 34.7. The molecule has 0 N–H and O–H groups in total. The van der Waals surface area contributed by atoms with Crippen molar-refractivity contribution < 1.29 is 9.59 Å². The monoisotopic (exact) mass is 342 g/mol. The molecule has 0 saturated heterocycles. The highest BCUT2D eigenvalue weighted by Crippen LogP contribution is 2.21. The molecule has 0 aliphatic heterocycles. The predicted molar refractivity (Wildman–Crippen MR) is 65.9 cm³/mol. The molecule has 5 heteroatoms. The van der Waals surface area contributed by atoms with Crippen LogP contribution in [0.25, 0.3) is 0 Å². The molecule has 2 rings (SSSR count). The van der Waals surface area contributed by atoms with E-state index in [-0.39, 0.29) is 37.1 Å². The number of allylic oxidation sites excluding steroid dienone is 2. The lowest BCUT2D eigenvalue weighted by molar-refractivity contribution is 0.0994. The van der Waals surface area contributed by atoms with Gasteiger partial charge in [0.2, 0.25) is 5.43 Å². The number of halogens is 2. The molecule has 0 radical (unpaired) electrons. The van der Waals surface area contributed by atoms with Gasteiger partial charge in [-0.3, -0.25) is 14.4 Å². The molecular formula is C11H4Br2O3. The van der Waals surface area contributed by atoms with Gasteiger partial charge in [-0.1, -0.05) is 0 Å². The Hall–Kier alpha value is -1.07. The zero-order valence-corrected chi connectivity index (χ0v) is 11.0. The van der Waals surface area contributed by atoms with E-state index >= 15 is 0 Å². The first-order valence-electron chi connectivity index (χ1n) is 4.31.